The molecule has 1 aliphatic rings. The van der Waals surface area contributed by atoms with Crippen molar-refractivity contribution in [2.24, 2.45) is 0 Å². The van der Waals surface area contributed by atoms with Crippen molar-refractivity contribution in [1.29, 1.82) is 0 Å². The van der Waals surface area contributed by atoms with Crippen LogP contribution in [0.5, 0.6) is 5.75 Å². The summed E-state index contributed by atoms with van der Waals surface area (Å²) in [7, 11) is 1.62. The minimum Gasteiger partial charge on any atom is -0.497 e. The molecule has 1 aliphatic heterocycles. The van der Waals surface area contributed by atoms with E-state index >= 15 is 0 Å². The quantitative estimate of drug-likeness (QED) is 0.511. The van der Waals surface area contributed by atoms with Crippen molar-refractivity contribution in [2.75, 3.05) is 12.4 Å². The average Bonchev–Trinajstić information content (AvgIpc) is 3.05. The summed E-state index contributed by atoms with van der Waals surface area (Å²) in [4.78, 5) is 29.6. The molecule has 0 aliphatic carbocycles. The Hall–Kier alpha value is -3.71. The standard InChI is InChI=1S/C26H25N3O3S/c1-32-22-14-12-20(13-15-22)17-28-23(16-24(30)27-21-10-6-3-7-11-21)25(31)29(26(28)33)18-19-8-4-2-5-9-19/h2-15,23H,16-18H2,1H3,(H,27,30)/t23-/m1/s1. The molecular formula is C26H25N3O3S. The largest absolute Gasteiger partial charge is 0.497 e. The number of thiocarbonyl (C=S) groups is 1. The molecule has 1 atom stereocenters. The smallest absolute Gasteiger partial charge is 0.252 e. The average molecular weight is 460 g/mol. The number of hydrogen-bond acceptors (Lipinski definition) is 4. The van der Waals surface area contributed by atoms with Crippen LogP contribution in [0.25, 0.3) is 0 Å². The predicted octanol–water partition coefficient (Wildman–Crippen LogP) is 4.22. The van der Waals surface area contributed by atoms with Crippen LogP contribution in [0.4, 0.5) is 5.69 Å². The third-order valence-electron chi connectivity index (χ3n) is 5.54. The van der Waals surface area contributed by atoms with Gasteiger partial charge in [-0.3, -0.25) is 14.5 Å². The lowest BCUT2D eigenvalue weighted by molar-refractivity contribution is -0.131. The van der Waals surface area contributed by atoms with Gasteiger partial charge in [-0.2, -0.15) is 0 Å². The molecule has 3 aromatic rings. The molecule has 7 heteroatoms. The summed E-state index contributed by atoms with van der Waals surface area (Å²) in [6.07, 6.45) is 0.00924. The van der Waals surface area contributed by atoms with Crippen LogP contribution in [0.1, 0.15) is 17.5 Å². The Kier molecular flexibility index (Phi) is 7.00. The molecule has 6 nitrogen and oxygen atoms in total. The fraction of sp³-hybridized carbons (Fsp3) is 0.192. The Balaban J connectivity index is 1.55. The molecule has 0 unspecified atom stereocenters. The van der Waals surface area contributed by atoms with E-state index in [1.165, 1.54) is 0 Å². The number of methoxy groups -OCH3 is 1. The molecule has 1 saturated heterocycles. The van der Waals surface area contributed by atoms with Crippen LogP contribution in [0.2, 0.25) is 0 Å². The van der Waals surface area contributed by atoms with Crippen molar-refractivity contribution < 1.29 is 14.3 Å². The second-order valence-electron chi connectivity index (χ2n) is 7.80. The number of anilines is 1. The summed E-state index contributed by atoms with van der Waals surface area (Å²) >= 11 is 5.72. The lowest BCUT2D eigenvalue weighted by atomic mass is 10.1. The Bertz CT molecular complexity index is 1120. The Morgan fingerprint density at radius 2 is 1.52 bits per heavy atom. The van der Waals surface area contributed by atoms with Crippen molar-refractivity contribution in [3.63, 3.8) is 0 Å². The summed E-state index contributed by atoms with van der Waals surface area (Å²) < 4.78 is 5.24. The minimum atomic E-state index is -0.674. The first-order valence-corrected chi connectivity index (χ1v) is 11.1. The molecule has 3 aromatic carbocycles. The fourth-order valence-electron chi connectivity index (χ4n) is 3.82. The van der Waals surface area contributed by atoms with Crippen molar-refractivity contribution in [2.45, 2.75) is 25.6 Å². The van der Waals surface area contributed by atoms with E-state index in [1.807, 2.05) is 89.8 Å². The van der Waals surface area contributed by atoms with Crippen LogP contribution in [-0.4, -0.2) is 39.9 Å². The number of carbonyl (C=O) groups excluding carboxylic acids is 2. The van der Waals surface area contributed by atoms with Gasteiger partial charge in [0.2, 0.25) is 5.91 Å². The molecule has 4 rings (SSSR count). The van der Waals surface area contributed by atoms with E-state index in [9.17, 15) is 9.59 Å². The highest BCUT2D eigenvalue weighted by Crippen LogP contribution is 2.26. The number of hydrogen-bond donors (Lipinski definition) is 1. The SMILES string of the molecule is COc1ccc(CN2C(=S)N(Cc3ccccc3)C(=O)[C@H]2CC(=O)Nc2ccccc2)cc1. The highest BCUT2D eigenvalue weighted by atomic mass is 32.1. The second kappa shape index (κ2) is 10.3. The molecule has 2 amide bonds. The maximum absolute atomic E-state index is 13.4. The van der Waals surface area contributed by atoms with Crippen molar-refractivity contribution in [1.82, 2.24) is 9.80 Å². The normalized spacial score (nSPS) is 15.6. The van der Waals surface area contributed by atoms with E-state index < -0.39 is 6.04 Å². The van der Waals surface area contributed by atoms with Gasteiger partial charge in [-0.1, -0.05) is 60.7 Å². The number of rotatable bonds is 8. The van der Waals surface area contributed by atoms with Crippen LogP contribution in [0.15, 0.2) is 84.9 Å². The highest BCUT2D eigenvalue weighted by Gasteiger charge is 2.43. The highest BCUT2D eigenvalue weighted by molar-refractivity contribution is 7.80. The number of benzene rings is 3. The monoisotopic (exact) mass is 459 g/mol. The summed E-state index contributed by atoms with van der Waals surface area (Å²) in [6, 6.07) is 25.9. The zero-order valence-electron chi connectivity index (χ0n) is 18.3. The summed E-state index contributed by atoms with van der Waals surface area (Å²) in [6.45, 7) is 0.789. The number of nitrogens with zero attached hydrogens (tertiary/aromatic N) is 2. The molecular weight excluding hydrogens is 434 g/mol. The maximum atomic E-state index is 13.4. The topological polar surface area (TPSA) is 61.9 Å². The van der Waals surface area contributed by atoms with Gasteiger partial charge >= 0.3 is 0 Å². The number of amides is 2. The third-order valence-corrected chi connectivity index (χ3v) is 5.99. The molecule has 0 aromatic heterocycles. The molecule has 1 fully saturated rings. The Labute approximate surface area is 198 Å². The van der Waals surface area contributed by atoms with Crippen LogP contribution < -0.4 is 10.1 Å². The van der Waals surface area contributed by atoms with Gasteiger partial charge in [-0.05, 0) is 47.6 Å². The first-order valence-electron chi connectivity index (χ1n) is 10.7. The van der Waals surface area contributed by atoms with Crippen LogP contribution in [-0.2, 0) is 22.7 Å². The number of para-hydroxylation sites is 1. The lowest BCUT2D eigenvalue weighted by Crippen LogP contribution is -2.37. The zero-order valence-corrected chi connectivity index (χ0v) is 19.1. The lowest BCUT2D eigenvalue weighted by Gasteiger charge is -2.24. The van der Waals surface area contributed by atoms with Gasteiger partial charge in [0.1, 0.15) is 11.8 Å². The predicted molar refractivity (Wildman–Crippen MR) is 132 cm³/mol. The van der Waals surface area contributed by atoms with Gasteiger partial charge in [0.15, 0.2) is 5.11 Å². The molecule has 0 spiro atoms. The molecule has 1 heterocycles. The third kappa shape index (κ3) is 5.38. The molecule has 0 radical (unpaired) electrons. The van der Waals surface area contributed by atoms with E-state index in [2.05, 4.69) is 5.32 Å². The number of nitrogens with one attached hydrogen (secondary N) is 1. The second-order valence-corrected chi connectivity index (χ2v) is 8.17. The molecule has 0 saturated carbocycles. The summed E-state index contributed by atoms with van der Waals surface area (Å²) in [5.74, 6) is 0.354. The first-order chi connectivity index (χ1) is 16.0. The van der Waals surface area contributed by atoms with E-state index in [0.717, 1.165) is 16.9 Å². The van der Waals surface area contributed by atoms with Crippen molar-refractivity contribution in [3.8, 4) is 5.75 Å². The molecule has 168 valence electrons. The van der Waals surface area contributed by atoms with Gasteiger partial charge < -0.3 is 15.0 Å². The van der Waals surface area contributed by atoms with Gasteiger partial charge in [0.05, 0.1) is 20.1 Å². The Morgan fingerprint density at radius 1 is 0.909 bits per heavy atom. The van der Waals surface area contributed by atoms with E-state index in [-0.39, 0.29) is 18.2 Å². The van der Waals surface area contributed by atoms with Crippen LogP contribution in [0.3, 0.4) is 0 Å². The van der Waals surface area contributed by atoms with Crippen molar-refractivity contribution >= 4 is 34.8 Å². The van der Waals surface area contributed by atoms with Crippen LogP contribution >= 0.6 is 12.2 Å². The Morgan fingerprint density at radius 3 is 2.15 bits per heavy atom. The van der Waals surface area contributed by atoms with Gasteiger partial charge in [0.25, 0.3) is 5.91 Å². The van der Waals surface area contributed by atoms with E-state index in [1.54, 1.807) is 12.0 Å². The van der Waals surface area contributed by atoms with E-state index in [0.29, 0.717) is 23.9 Å². The minimum absolute atomic E-state index is 0.00924. The van der Waals surface area contributed by atoms with Gasteiger partial charge in [-0.15, -0.1) is 0 Å². The molecule has 1 N–H and O–H groups in total. The zero-order chi connectivity index (χ0) is 23.2. The van der Waals surface area contributed by atoms with Crippen molar-refractivity contribution in [3.05, 3.63) is 96.1 Å². The number of carbonyl (C=O) groups is 2. The van der Waals surface area contributed by atoms with Gasteiger partial charge in [0, 0.05) is 12.2 Å². The summed E-state index contributed by atoms with van der Waals surface area (Å²) in [5, 5.41) is 3.30. The van der Waals surface area contributed by atoms with Gasteiger partial charge in [-0.25, -0.2) is 0 Å². The summed E-state index contributed by atoms with van der Waals surface area (Å²) in [5.41, 5.74) is 2.64. The fourth-order valence-corrected chi connectivity index (χ4v) is 4.17. The first kappa shape index (κ1) is 22.5. The molecule has 33 heavy (non-hydrogen) atoms. The molecule has 0 bridgehead atoms. The van der Waals surface area contributed by atoms with E-state index in [4.69, 9.17) is 17.0 Å². The maximum Gasteiger partial charge on any atom is 0.252 e. The number of ether oxygens (including phenoxy) is 1. The van der Waals surface area contributed by atoms with Crippen LogP contribution in [0, 0.1) is 0 Å².